The zero-order chi connectivity index (χ0) is 14.8. The fraction of sp³-hybridized carbons (Fsp3) is 0.500. The molecule has 0 aliphatic rings. The Balaban J connectivity index is 2.55. The van der Waals surface area contributed by atoms with E-state index in [2.05, 4.69) is 21.9 Å². The van der Waals surface area contributed by atoms with E-state index in [1.165, 1.54) is 0 Å². The average Bonchev–Trinajstić information content (AvgIpc) is 2.50. The molecule has 1 aromatic rings. The highest BCUT2D eigenvalue weighted by molar-refractivity contribution is 7.98. The van der Waals surface area contributed by atoms with E-state index in [0.717, 1.165) is 35.3 Å². The lowest BCUT2D eigenvalue weighted by Crippen LogP contribution is -2.37. The topological polar surface area (TPSA) is 54.9 Å². The average molecular weight is 297 g/mol. The van der Waals surface area contributed by atoms with E-state index >= 15 is 0 Å². The second kappa shape index (κ2) is 9.36. The van der Waals surface area contributed by atoms with E-state index < -0.39 is 0 Å². The first-order valence-electron chi connectivity index (χ1n) is 6.39. The van der Waals surface area contributed by atoms with Crippen molar-refractivity contribution in [3.63, 3.8) is 0 Å². The van der Waals surface area contributed by atoms with Crippen LogP contribution in [0, 0.1) is 0 Å². The van der Waals surface area contributed by atoms with Gasteiger partial charge in [-0.05, 0) is 24.0 Å². The van der Waals surface area contributed by atoms with Gasteiger partial charge in [0.15, 0.2) is 17.5 Å². The van der Waals surface area contributed by atoms with Gasteiger partial charge in [0.05, 0.1) is 14.2 Å². The molecule has 1 aromatic carbocycles. The van der Waals surface area contributed by atoms with E-state index in [0.29, 0.717) is 6.54 Å². The largest absolute Gasteiger partial charge is 0.493 e. The Bertz CT molecular complexity index is 438. The maximum atomic E-state index is 5.29. The Hall–Kier alpha value is -1.56. The van der Waals surface area contributed by atoms with Gasteiger partial charge in [-0.2, -0.15) is 11.8 Å². The zero-order valence-electron chi connectivity index (χ0n) is 12.5. The molecule has 0 aromatic heterocycles. The number of guanidine groups is 1. The van der Waals surface area contributed by atoms with Crippen LogP contribution in [0.25, 0.3) is 0 Å². The van der Waals surface area contributed by atoms with Gasteiger partial charge in [-0.15, -0.1) is 0 Å². The third-order valence-corrected chi connectivity index (χ3v) is 3.34. The number of rotatable bonds is 7. The Labute approximate surface area is 125 Å². The number of thioether (sulfide) groups is 1. The summed E-state index contributed by atoms with van der Waals surface area (Å²) in [5.41, 5.74) is 1.11. The highest BCUT2D eigenvalue weighted by Gasteiger charge is 2.05. The molecule has 0 heterocycles. The third kappa shape index (κ3) is 5.21. The summed E-state index contributed by atoms with van der Waals surface area (Å²) < 4.78 is 10.5. The number of benzene rings is 1. The van der Waals surface area contributed by atoms with Gasteiger partial charge in [0.2, 0.25) is 0 Å². The molecule has 1 rings (SSSR count). The molecule has 0 spiro atoms. The molecule has 0 saturated heterocycles. The quantitative estimate of drug-likeness (QED) is 0.456. The highest BCUT2D eigenvalue weighted by Crippen LogP contribution is 2.27. The summed E-state index contributed by atoms with van der Waals surface area (Å²) in [6, 6.07) is 5.87. The third-order valence-electron chi connectivity index (χ3n) is 2.73. The molecule has 0 amide bonds. The lowest BCUT2D eigenvalue weighted by atomic mass is 10.2. The number of nitrogens with zero attached hydrogens (tertiary/aromatic N) is 1. The van der Waals surface area contributed by atoms with Gasteiger partial charge in [0.25, 0.3) is 0 Å². The number of methoxy groups -OCH3 is 2. The van der Waals surface area contributed by atoms with Gasteiger partial charge in [0, 0.05) is 25.9 Å². The summed E-state index contributed by atoms with van der Waals surface area (Å²) in [5.74, 6) is 3.32. The molecular formula is C14H23N3O2S. The fourth-order valence-corrected chi connectivity index (χ4v) is 1.97. The molecule has 2 N–H and O–H groups in total. The predicted molar refractivity (Wildman–Crippen MR) is 86.1 cm³/mol. The zero-order valence-corrected chi connectivity index (χ0v) is 13.3. The van der Waals surface area contributed by atoms with E-state index in [4.69, 9.17) is 9.47 Å². The first-order valence-corrected chi connectivity index (χ1v) is 7.79. The van der Waals surface area contributed by atoms with E-state index in [1.54, 1.807) is 33.0 Å². The minimum atomic E-state index is 0.680. The van der Waals surface area contributed by atoms with Gasteiger partial charge in [-0.25, -0.2) is 0 Å². The standard InChI is InChI=1S/C14H23N3O2S/c1-15-14(16-7-8-20-4)17-10-11-5-6-12(18-2)13(9-11)19-3/h5-6,9H,7-8,10H2,1-4H3,(H2,15,16,17). The van der Waals surface area contributed by atoms with Crippen molar-refractivity contribution < 1.29 is 9.47 Å². The van der Waals surface area contributed by atoms with Crippen LogP contribution in [0.15, 0.2) is 23.2 Å². The lowest BCUT2D eigenvalue weighted by molar-refractivity contribution is 0.354. The molecular weight excluding hydrogens is 274 g/mol. The number of nitrogens with one attached hydrogen (secondary N) is 2. The van der Waals surface area contributed by atoms with Gasteiger partial charge in [-0.3, -0.25) is 4.99 Å². The van der Waals surface area contributed by atoms with Crippen LogP contribution < -0.4 is 20.1 Å². The van der Waals surface area contributed by atoms with Crippen LogP contribution in [0.2, 0.25) is 0 Å². The molecule has 5 nitrogen and oxygen atoms in total. The Morgan fingerprint density at radius 2 is 1.95 bits per heavy atom. The first kappa shape index (κ1) is 16.5. The Kier molecular flexibility index (Phi) is 7.72. The van der Waals surface area contributed by atoms with Gasteiger partial charge in [0.1, 0.15) is 0 Å². The monoisotopic (exact) mass is 297 g/mol. The smallest absolute Gasteiger partial charge is 0.191 e. The summed E-state index contributed by atoms with van der Waals surface area (Å²) in [5, 5.41) is 6.52. The molecule has 0 saturated carbocycles. The molecule has 0 aliphatic heterocycles. The van der Waals surface area contributed by atoms with Crippen LogP contribution >= 0.6 is 11.8 Å². The van der Waals surface area contributed by atoms with Crippen LogP contribution in [0.1, 0.15) is 5.56 Å². The minimum Gasteiger partial charge on any atom is -0.493 e. The van der Waals surface area contributed by atoms with Crippen LogP contribution in [0.5, 0.6) is 11.5 Å². The van der Waals surface area contributed by atoms with Crippen molar-refractivity contribution in [1.82, 2.24) is 10.6 Å². The fourth-order valence-electron chi connectivity index (χ4n) is 1.67. The highest BCUT2D eigenvalue weighted by atomic mass is 32.2. The van der Waals surface area contributed by atoms with Gasteiger partial charge >= 0.3 is 0 Å². The van der Waals surface area contributed by atoms with E-state index in [-0.39, 0.29) is 0 Å². The maximum Gasteiger partial charge on any atom is 0.191 e. The van der Waals surface area contributed by atoms with Crippen LogP contribution in [0.4, 0.5) is 0 Å². The number of hydrogen-bond acceptors (Lipinski definition) is 4. The molecule has 0 aliphatic carbocycles. The van der Waals surface area contributed by atoms with Crippen LogP contribution in [-0.4, -0.2) is 45.8 Å². The van der Waals surface area contributed by atoms with Gasteiger partial charge < -0.3 is 20.1 Å². The molecule has 0 bridgehead atoms. The SMILES string of the molecule is CN=C(NCCSC)NCc1ccc(OC)c(OC)c1. The van der Waals surface area contributed by atoms with E-state index in [1.807, 2.05) is 18.2 Å². The molecule has 0 radical (unpaired) electrons. The molecule has 0 unspecified atom stereocenters. The van der Waals surface area contributed by atoms with Crippen molar-refractivity contribution in [2.45, 2.75) is 6.54 Å². The van der Waals surface area contributed by atoms with Crippen molar-refractivity contribution in [3.05, 3.63) is 23.8 Å². The van der Waals surface area contributed by atoms with Crippen molar-refractivity contribution in [2.75, 3.05) is 39.8 Å². The second-order valence-electron chi connectivity index (χ2n) is 4.03. The maximum absolute atomic E-state index is 5.29. The van der Waals surface area contributed by atoms with Crippen molar-refractivity contribution in [1.29, 1.82) is 0 Å². The summed E-state index contributed by atoms with van der Waals surface area (Å²) in [4.78, 5) is 4.18. The molecule has 0 atom stereocenters. The second-order valence-corrected chi connectivity index (χ2v) is 5.02. The molecule has 6 heteroatoms. The number of ether oxygens (including phenoxy) is 2. The molecule has 0 fully saturated rings. The van der Waals surface area contributed by atoms with Crippen molar-refractivity contribution >= 4 is 17.7 Å². The Morgan fingerprint density at radius 1 is 1.20 bits per heavy atom. The molecule has 20 heavy (non-hydrogen) atoms. The summed E-state index contributed by atoms with van der Waals surface area (Å²) >= 11 is 1.80. The van der Waals surface area contributed by atoms with E-state index in [9.17, 15) is 0 Å². The number of hydrogen-bond donors (Lipinski definition) is 2. The van der Waals surface area contributed by atoms with Crippen molar-refractivity contribution in [2.24, 2.45) is 4.99 Å². The van der Waals surface area contributed by atoms with Crippen molar-refractivity contribution in [3.8, 4) is 11.5 Å². The summed E-state index contributed by atoms with van der Waals surface area (Å²) in [6.45, 7) is 1.58. The van der Waals surface area contributed by atoms with Crippen LogP contribution in [-0.2, 0) is 6.54 Å². The number of aliphatic imine (C=N–C) groups is 1. The minimum absolute atomic E-state index is 0.680. The Morgan fingerprint density at radius 3 is 2.55 bits per heavy atom. The first-order chi connectivity index (χ1) is 9.74. The van der Waals surface area contributed by atoms with Crippen LogP contribution in [0.3, 0.4) is 0 Å². The molecule has 112 valence electrons. The van der Waals surface area contributed by atoms with Gasteiger partial charge in [-0.1, -0.05) is 6.07 Å². The summed E-state index contributed by atoms with van der Waals surface area (Å²) in [6.07, 6.45) is 2.08. The normalized spacial score (nSPS) is 11.1. The predicted octanol–water partition coefficient (Wildman–Crippen LogP) is 1.73. The summed E-state index contributed by atoms with van der Waals surface area (Å²) in [7, 11) is 5.04. The lowest BCUT2D eigenvalue weighted by Gasteiger charge is -2.13.